The number of ether oxygens (including phenoxy) is 2. The van der Waals surface area contributed by atoms with Gasteiger partial charge in [-0.15, -0.1) is 0 Å². The fourth-order valence-corrected chi connectivity index (χ4v) is 4.83. The minimum Gasteiger partial charge on any atom is -0.433 e. The fourth-order valence-electron chi connectivity index (χ4n) is 4.57. The molecule has 4 atom stereocenters. The molecule has 2 heterocycles. The maximum absolute atomic E-state index is 13.8. The van der Waals surface area contributed by atoms with Gasteiger partial charge in [-0.3, -0.25) is 24.0 Å². The molecular weight excluding hydrogens is 516 g/mol. The van der Waals surface area contributed by atoms with Crippen LogP contribution < -0.4 is 16.0 Å². The fraction of sp³-hybridized carbons (Fsp3) is 0.577. The molecule has 208 valence electrons. The molecule has 2 saturated heterocycles. The third-order valence-electron chi connectivity index (χ3n) is 6.40. The van der Waals surface area contributed by atoms with Gasteiger partial charge in [-0.25, -0.2) is 0 Å². The molecule has 1 aromatic carbocycles. The van der Waals surface area contributed by atoms with Crippen LogP contribution in [0.3, 0.4) is 0 Å². The first-order valence-electron chi connectivity index (χ1n) is 12.6. The third kappa shape index (κ3) is 6.82. The molecule has 1 aromatic rings. The number of nitrogens with one attached hydrogen (secondary N) is 3. The van der Waals surface area contributed by atoms with Crippen LogP contribution in [0.15, 0.2) is 18.2 Å². The highest BCUT2D eigenvalue weighted by Gasteiger charge is 2.44. The Bertz CT molecular complexity index is 1100. The van der Waals surface area contributed by atoms with E-state index in [0.29, 0.717) is 26.0 Å². The summed E-state index contributed by atoms with van der Waals surface area (Å²) in [6.45, 7) is 9.16. The second kappa shape index (κ2) is 12.1. The van der Waals surface area contributed by atoms with Crippen molar-refractivity contribution < 1.29 is 33.4 Å². The lowest BCUT2D eigenvalue weighted by molar-refractivity contribution is -0.164. The Hall–Kier alpha value is -3.18. The first kappa shape index (κ1) is 29.4. The number of esters is 1. The molecule has 0 aliphatic carbocycles. The lowest BCUT2D eigenvalue weighted by Crippen LogP contribution is -2.58. The van der Waals surface area contributed by atoms with Crippen molar-refractivity contribution in [3.8, 4) is 0 Å². The van der Waals surface area contributed by atoms with E-state index in [4.69, 9.17) is 21.1 Å². The molecule has 4 amide bonds. The number of halogens is 1. The van der Waals surface area contributed by atoms with Crippen LogP contribution in [-0.4, -0.2) is 72.1 Å². The zero-order valence-corrected chi connectivity index (χ0v) is 23.0. The molecule has 12 heteroatoms. The lowest BCUT2D eigenvalue weighted by atomic mass is 9.85. The van der Waals surface area contributed by atoms with Crippen LogP contribution in [0.2, 0.25) is 5.02 Å². The second-order valence-corrected chi connectivity index (χ2v) is 10.8. The Morgan fingerprint density at radius 2 is 1.95 bits per heavy atom. The molecule has 3 rings (SSSR count). The number of hydrogen-bond donors (Lipinski definition) is 3. The number of likely N-dealkylation sites (tertiary alicyclic amines) is 1. The molecule has 2 aliphatic heterocycles. The van der Waals surface area contributed by atoms with Gasteiger partial charge in [0.05, 0.1) is 22.7 Å². The smallest absolute Gasteiger partial charge is 0.310 e. The molecule has 0 bridgehead atoms. The first-order chi connectivity index (χ1) is 17.8. The Balaban J connectivity index is 1.77. The topological polar surface area (TPSA) is 143 Å². The van der Waals surface area contributed by atoms with Crippen molar-refractivity contribution in [3.05, 3.63) is 28.8 Å². The number of cyclic esters (lactones) is 1. The van der Waals surface area contributed by atoms with Crippen LogP contribution >= 0.6 is 11.6 Å². The van der Waals surface area contributed by atoms with Gasteiger partial charge in [0.2, 0.25) is 24.0 Å². The summed E-state index contributed by atoms with van der Waals surface area (Å²) in [6.07, 6.45) is 0.152. The molecule has 11 nitrogen and oxygen atoms in total. The SMILES string of the molecule is CCO[C@@H]1OC(=O)C[C@@H]1NC(=O)[C@@H]1CCCN1C(=O)[C@@H](NC(=O)c1cccc(NC(C)=O)c1Cl)C(C)(C)C. The van der Waals surface area contributed by atoms with E-state index in [2.05, 4.69) is 16.0 Å². The Morgan fingerprint density at radius 3 is 2.58 bits per heavy atom. The molecule has 0 radical (unpaired) electrons. The third-order valence-corrected chi connectivity index (χ3v) is 6.81. The minimum atomic E-state index is -0.976. The first-order valence-corrected chi connectivity index (χ1v) is 13.0. The monoisotopic (exact) mass is 550 g/mol. The summed E-state index contributed by atoms with van der Waals surface area (Å²) in [6, 6.07) is 2.25. The molecule has 3 N–H and O–H groups in total. The van der Waals surface area contributed by atoms with E-state index in [1.165, 1.54) is 17.9 Å². The average Bonchev–Trinajstić information content (AvgIpc) is 3.44. The highest BCUT2D eigenvalue weighted by Crippen LogP contribution is 2.29. The van der Waals surface area contributed by atoms with Gasteiger partial charge in [0.15, 0.2) is 0 Å². The maximum atomic E-state index is 13.8. The predicted octanol–water partition coefficient (Wildman–Crippen LogP) is 2.23. The summed E-state index contributed by atoms with van der Waals surface area (Å²) in [5, 5.41) is 8.21. The molecule has 38 heavy (non-hydrogen) atoms. The number of hydrogen-bond acceptors (Lipinski definition) is 7. The number of amides is 4. The molecule has 2 fully saturated rings. The van der Waals surface area contributed by atoms with E-state index in [-0.39, 0.29) is 28.6 Å². The predicted molar refractivity (Wildman–Crippen MR) is 139 cm³/mol. The summed E-state index contributed by atoms with van der Waals surface area (Å²) < 4.78 is 10.5. The number of nitrogens with zero attached hydrogens (tertiary/aromatic N) is 1. The Kier molecular flexibility index (Phi) is 9.37. The van der Waals surface area contributed by atoms with Gasteiger partial charge in [0, 0.05) is 20.1 Å². The van der Waals surface area contributed by atoms with E-state index in [1.54, 1.807) is 19.1 Å². The maximum Gasteiger partial charge on any atom is 0.310 e. The van der Waals surface area contributed by atoms with Crippen molar-refractivity contribution in [2.24, 2.45) is 5.41 Å². The average molecular weight is 551 g/mol. The van der Waals surface area contributed by atoms with Crippen LogP contribution in [0.25, 0.3) is 0 Å². The largest absolute Gasteiger partial charge is 0.433 e. The van der Waals surface area contributed by atoms with Crippen LogP contribution in [0.5, 0.6) is 0 Å². The van der Waals surface area contributed by atoms with E-state index < -0.39 is 53.5 Å². The number of benzene rings is 1. The van der Waals surface area contributed by atoms with E-state index >= 15 is 0 Å². The van der Waals surface area contributed by atoms with Gasteiger partial charge in [-0.1, -0.05) is 38.4 Å². The molecule has 0 aromatic heterocycles. The minimum absolute atomic E-state index is 0.0178. The molecular formula is C26H35ClN4O7. The van der Waals surface area contributed by atoms with Crippen molar-refractivity contribution in [1.29, 1.82) is 0 Å². The van der Waals surface area contributed by atoms with Gasteiger partial charge in [-0.2, -0.15) is 0 Å². The van der Waals surface area contributed by atoms with Gasteiger partial charge < -0.3 is 30.3 Å². The summed E-state index contributed by atoms with van der Waals surface area (Å²) in [4.78, 5) is 64.9. The Morgan fingerprint density at radius 1 is 1.24 bits per heavy atom. The normalized spacial score (nSPS) is 22.0. The van der Waals surface area contributed by atoms with Crippen molar-refractivity contribution in [1.82, 2.24) is 15.5 Å². The van der Waals surface area contributed by atoms with E-state index in [1.807, 2.05) is 20.8 Å². The highest BCUT2D eigenvalue weighted by molar-refractivity contribution is 6.36. The number of rotatable bonds is 8. The standard InChI is InChI=1S/C26H35ClN4O7/c1-6-37-25-17(13-19(33)38-25)29-23(35)18-11-8-12-31(18)24(36)21(26(3,4)5)30-22(34)15-9-7-10-16(20(15)27)28-14(2)32/h7,9-10,17-18,21,25H,6,8,11-13H2,1-5H3,(H,28,32)(H,29,35)(H,30,34)/t17-,18-,21+,25+/m0/s1. The van der Waals surface area contributed by atoms with Crippen molar-refractivity contribution in [3.63, 3.8) is 0 Å². The molecule has 0 unspecified atom stereocenters. The number of carbonyl (C=O) groups excluding carboxylic acids is 5. The van der Waals surface area contributed by atoms with Gasteiger partial charge in [-0.05, 0) is 37.3 Å². The van der Waals surface area contributed by atoms with Crippen molar-refractivity contribution >= 4 is 46.9 Å². The summed E-state index contributed by atoms with van der Waals surface area (Å²) >= 11 is 6.37. The van der Waals surface area contributed by atoms with E-state index in [9.17, 15) is 24.0 Å². The van der Waals surface area contributed by atoms with Crippen LogP contribution in [-0.2, 0) is 28.7 Å². The Labute approximate surface area is 226 Å². The molecule has 0 saturated carbocycles. The molecule has 2 aliphatic rings. The summed E-state index contributed by atoms with van der Waals surface area (Å²) in [5.41, 5.74) is -0.325. The number of carbonyl (C=O) groups is 5. The van der Waals surface area contributed by atoms with Crippen LogP contribution in [0.4, 0.5) is 5.69 Å². The highest BCUT2D eigenvalue weighted by atomic mass is 35.5. The zero-order chi connectivity index (χ0) is 28.2. The summed E-state index contributed by atoms with van der Waals surface area (Å²) in [7, 11) is 0. The van der Waals surface area contributed by atoms with E-state index in [0.717, 1.165) is 0 Å². The lowest BCUT2D eigenvalue weighted by Gasteiger charge is -2.35. The second-order valence-electron chi connectivity index (χ2n) is 10.4. The van der Waals surface area contributed by atoms with Crippen LogP contribution in [0, 0.1) is 5.41 Å². The van der Waals surface area contributed by atoms with Gasteiger partial charge in [0.1, 0.15) is 18.1 Å². The summed E-state index contributed by atoms with van der Waals surface area (Å²) in [5.74, 6) is -2.21. The van der Waals surface area contributed by atoms with Gasteiger partial charge in [0.25, 0.3) is 5.91 Å². The molecule has 0 spiro atoms. The van der Waals surface area contributed by atoms with Crippen molar-refractivity contribution in [2.45, 2.75) is 78.3 Å². The van der Waals surface area contributed by atoms with Crippen molar-refractivity contribution in [2.75, 3.05) is 18.5 Å². The van der Waals surface area contributed by atoms with Gasteiger partial charge >= 0.3 is 5.97 Å². The zero-order valence-electron chi connectivity index (χ0n) is 22.3. The van der Waals surface area contributed by atoms with Crippen LogP contribution in [0.1, 0.15) is 64.2 Å². The quantitative estimate of drug-likeness (QED) is 0.421. The number of anilines is 1.